The van der Waals surface area contributed by atoms with Gasteiger partial charge in [-0.3, -0.25) is 14.5 Å². The molecule has 0 spiro atoms. The van der Waals surface area contributed by atoms with Crippen LogP contribution in [0.25, 0.3) is 6.08 Å². The normalized spacial score (nSPS) is 17.1. The predicted octanol–water partition coefficient (Wildman–Crippen LogP) is 4.31. The molecule has 8 heteroatoms. The lowest BCUT2D eigenvalue weighted by Gasteiger charge is -2.14. The van der Waals surface area contributed by atoms with Gasteiger partial charge in [-0.2, -0.15) is 0 Å². The first kappa shape index (κ1) is 17.8. The molecule has 2 heterocycles. The molecule has 0 atom stereocenters. The highest BCUT2D eigenvalue weighted by Gasteiger charge is 2.35. The first-order valence-corrected chi connectivity index (χ1v) is 9.22. The Morgan fingerprint density at radius 1 is 1.19 bits per heavy atom. The van der Waals surface area contributed by atoms with Crippen molar-refractivity contribution in [1.82, 2.24) is 4.90 Å². The monoisotopic (exact) mass is 403 g/mol. The van der Waals surface area contributed by atoms with Gasteiger partial charge in [0.15, 0.2) is 11.5 Å². The molecule has 2 aromatic rings. The molecule has 0 radical (unpaired) electrons. The molecule has 2 aliphatic rings. The van der Waals surface area contributed by atoms with Gasteiger partial charge in [0, 0.05) is 11.1 Å². The molecule has 0 unspecified atom stereocenters. The van der Waals surface area contributed by atoms with Crippen molar-refractivity contribution in [3.8, 4) is 17.2 Å². The van der Waals surface area contributed by atoms with E-state index in [0.29, 0.717) is 27.0 Å². The lowest BCUT2D eigenvalue weighted by molar-refractivity contribution is -0.123. The number of carbonyl (C=O) groups is 2. The molecular weight excluding hydrogens is 390 g/mol. The molecule has 0 aromatic heterocycles. The van der Waals surface area contributed by atoms with E-state index in [1.807, 2.05) is 12.1 Å². The van der Waals surface area contributed by atoms with Crippen LogP contribution in [0.4, 0.5) is 4.79 Å². The van der Waals surface area contributed by atoms with Crippen molar-refractivity contribution in [2.75, 3.05) is 13.9 Å². The molecule has 0 bridgehead atoms. The third-order valence-electron chi connectivity index (χ3n) is 4.16. The highest BCUT2D eigenvalue weighted by Crippen LogP contribution is 2.39. The van der Waals surface area contributed by atoms with Gasteiger partial charge in [0.25, 0.3) is 11.1 Å². The van der Waals surface area contributed by atoms with Crippen molar-refractivity contribution in [3.63, 3.8) is 0 Å². The number of benzene rings is 2. The number of amides is 2. The molecule has 6 nitrogen and oxygen atoms in total. The summed E-state index contributed by atoms with van der Waals surface area (Å²) in [7, 11) is 1.58. The molecule has 2 amide bonds. The van der Waals surface area contributed by atoms with Gasteiger partial charge in [0.2, 0.25) is 6.79 Å². The van der Waals surface area contributed by atoms with Gasteiger partial charge in [0.1, 0.15) is 5.75 Å². The fourth-order valence-electron chi connectivity index (χ4n) is 2.74. The van der Waals surface area contributed by atoms with Crippen LogP contribution in [-0.2, 0) is 11.3 Å². The SMILES string of the molecule is COc1ccc(/C=C2/SC(=O)N(Cc3cc4c(cc3Cl)OCO4)C2=O)cc1. The molecule has 0 aliphatic carbocycles. The van der Waals surface area contributed by atoms with E-state index in [9.17, 15) is 9.59 Å². The minimum Gasteiger partial charge on any atom is -0.497 e. The second kappa shape index (κ2) is 7.17. The summed E-state index contributed by atoms with van der Waals surface area (Å²) < 4.78 is 15.7. The van der Waals surface area contributed by atoms with E-state index in [1.165, 1.54) is 4.90 Å². The fourth-order valence-corrected chi connectivity index (χ4v) is 3.79. The first-order chi connectivity index (χ1) is 13.0. The third kappa shape index (κ3) is 3.48. The summed E-state index contributed by atoms with van der Waals surface area (Å²) in [4.78, 5) is 26.6. The van der Waals surface area contributed by atoms with Crippen molar-refractivity contribution in [1.29, 1.82) is 0 Å². The van der Waals surface area contributed by atoms with Crippen LogP contribution in [0.5, 0.6) is 17.2 Å². The second-order valence-corrected chi connectivity index (χ2v) is 7.24. The maximum Gasteiger partial charge on any atom is 0.293 e. The summed E-state index contributed by atoms with van der Waals surface area (Å²) >= 11 is 7.16. The highest BCUT2D eigenvalue weighted by molar-refractivity contribution is 8.18. The maximum atomic E-state index is 12.7. The number of imide groups is 1. The Kier molecular flexibility index (Phi) is 4.72. The molecule has 138 valence electrons. The lowest BCUT2D eigenvalue weighted by atomic mass is 10.1. The highest BCUT2D eigenvalue weighted by atomic mass is 35.5. The number of thioether (sulfide) groups is 1. The van der Waals surface area contributed by atoms with Gasteiger partial charge >= 0.3 is 0 Å². The van der Waals surface area contributed by atoms with Crippen LogP contribution < -0.4 is 14.2 Å². The van der Waals surface area contributed by atoms with Crippen molar-refractivity contribution in [2.45, 2.75) is 6.54 Å². The minimum atomic E-state index is -0.352. The first-order valence-electron chi connectivity index (χ1n) is 8.02. The molecule has 2 aliphatic heterocycles. The molecule has 1 saturated heterocycles. The van der Waals surface area contributed by atoms with Crippen molar-refractivity contribution in [3.05, 3.63) is 57.5 Å². The van der Waals surface area contributed by atoms with Crippen LogP contribution >= 0.6 is 23.4 Å². The van der Waals surface area contributed by atoms with Crippen LogP contribution in [-0.4, -0.2) is 29.9 Å². The fraction of sp³-hybridized carbons (Fsp3) is 0.158. The molecule has 1 fully saturated rings. The van der Waals surface area contributed by atoms with Crippen LogP contribution in [0.1, 0.15) is 11.1 Å². The van der Waals surface area contributed by atoms with Gasteiger partial charge in [-0.15, -0.1) is 0 Å². The standard InChI is InChI=1S/C19H14ClNO5S/c1-24-13-4-2-11(3-5-13)6-17-18(22)21(19(23)27-17)9-12-7-15-16(8-14(12)20)26-10-25-15/h2-8H,9-10H2,1H3/b17-6+. The van der Waals surface area contributed by atoms with E-state index in [-0.39, 0.29) is 24.5 Å². The Bertz CT molecular complexity index is 957. The molecular formula is C19H14ClNO5S. The zero-order valence-corrected chi connectivity index (χ0v) is 15.8. The molecule has 4 rings (SSSR count). The second-order valence-electron chi connectivity index (χ2n) is 5.84. The average Bonchev–Trinajstić information content (AvgIpc) is 3.22. The molecule has 2 aromatic carbocycles. The quantitative estimate of drug-likeness (QED) is 0.708. The van der Waals surface area contributed by atoms with E-state index in [1.54, 1.807) is 37.5 Å². The maximum absolute atomic E-state index is 12.7. The average molecular weight is 404 g/mol. The number of methoxy groups -OCH3 is 1. The number of hydrogen-bond donors (Lipinski definition) is 0. The van der Waals surface area contributed by atoms with E-state index in [4.69, 9.17) is 25.8 Å². The Hall–Kier alpha value is -2.64. The molecule has 27 heavy (non-hydrogen) atoms. The van der Waals surface area contributed by atoms with Crippen LogP contribution in [0.15, 0.2) is 41.3 Å². The Morgan fingerprint density at radius 2 is 1.89 bits per heavy atom. The number of halogens is 1. The summed E-state index contributed by atoms with van der Waals surface area (Å²) in [5, 5.41) is 0.0749. The number of hydrogen-bond acceptors (Lipinski definition) is 6. The molecule has 0 N–H and O–H groups in total. The van der Waals surface area contributed by atoms with Crippen molar-refractivity contribution in [2.24, 2.45) is 0 Å². The van der Waals surface area contributed by atoms with Crippen LogP contribution in [0, 0.1) is 0 Å². The van der Waals surface area contributed by atoms with Crippen molar-refractivity contribution < 1.29 is 23.8 Å². The van der Waals surface area contributed by atoms with E-state index >= 15 is 0 Å². The number of carbonyl (C=O) groups excluding carboxylic acids is 2. The van der Waals surface area contributed by atoms with Gasteiger partial charge in [-0.1, -0.05) is 23.7 Å². The topological polar surface area (TPSA) is 65.1 Å². The summed E-state index contributed by atoms with van der Waals surface area (Å²) in [5.74, 6) is 1.47. The Morgan fingerprint density at radius 3 is 2.59 bits per heavy atom. The lowest BCUT2D eigenvalue weighted by Crippen LogP contribution is -2.27. The Balaban J connectivity index is 1.55. The van der Waals surface area contributed by atoms with E-state index in [2.05, 4.69) is 0 Å². The number of nitrogens with zero attached hydrogens (tertiary/aromatic N) is 1. The van der Waals surface area contributed by atoms with E-state index in [0.717, 1.165) is 23.1 Å². The van der Waals surface area contributed by atoms with Gasteiger partial charge in [-0.25, -0.2) is 0 Å². The number of rotatable bonds is 4. The van der Waals surface area contributed by atoms with Gasteiger partial charge in [-0.05, 0) is 47.2 Å². The number of ether oxygens (including phenoxy) is 3. The van der Waals surface area contributed by atoms with Crippen LogP contribution in [0.2, 0.25) is 5.02 Å². The van der Waals surface area contributed by atoms with E-state index < -0.39 is 0 Å². The zero-order chi connectivity index (χ0) is 19.0. The summed E-state index contributed by atoms with van der Waals surface area (Å²) in [6, 6.07) is 10.6. The predicted molar refractivity (Wildman–Crippen MR) is 102 cm³/mol. The zero-order valence-electron chi connectivity index (χ0n) is 14.2. The molecule has 0 saturated carbocycles. The van der Waals surface area contributed by atoms with Crippen molar-refractivity contribution >= 4 is 40.6 Å². The van der Waals surface area contributed by atoms with Gasteiger partial charge in [0.05, 0.1) is 18.6 Å². The smallest absolute Gasteiger partial charge is 0.293 e. The Labute approximate surface area is 164 Å². The summed E-state index contributed by atoms with van der Waals surface area (Å²) in [6.07, 6.45) is 1.69. The summed E-state index contributed by atoms with van der Waals surface area (Å²) in [6.45, 7) is 0.196. The largest absolute Gasteiger partial charge is 0.497 e. The van der Waals surface area contributed by atoms with Gasteiger partial charge < -0.3 is 14.2 Å². The van der Waals surface area contributed by atoms with Crippen LogP contribution in [0.3, 0.4) is 0 Å². The minimum absolute atomic E-state index is 0.0695. The summed E-state index contributed by atoms with van der Waals surface area (Å²) in [5.41, 5.74) is 1.43. The number of fused-ring (bicyclic) bond motifs is 1. The third-order valence-corrected chi connectivity index (χ3v) is 5.42.